The molecule has 0 spiro atoms. The van der Waals surface area contributed by atoms with Crippen LogP contribution < -0.4 is 0 Å². The van der Waals surface area contributed by atoms with E-state index in [0.717, 1.165) is 22.3 Å². The van der Waals surface area contributed by atoms with Crippen molar-refractivity contribution < 1.29 is 4.39 Å². The molecule has 0 bridgehead atoms. The maximum Gasteiger partial charge on any atom is 0.123 e. The van der Waals surface area contributed by atoms with E-state index >= 15 is 0 Å². The molecule has 0 saturated carbocycles. The normalized spacial score (nSPS) is 13.9. The van der Waals surface area contributed by atoms with Gasteiger partial charge in [0, 0.05) is 0 Å². The summed E-state index contributed by atoms with van der Waals surface area (Å²) in [7, 11) is 0. The van der Waals surface area contributed by atoms with Gasteiger partial charge in [-0.3, -0.25) is 0 Å². The lowest BCUT2D eigenvalue weighted by atomic mass is 9.66. The Kier molecular flexibility index (Phi) is 3.51. The summed E-state index contributed by atoms with van der Waals surface area (Å²) < 4.78 is 14.5. The van der Waals surface area contributed by atoms with Crippen LogP contribution in [0.4, 0.5) is 4.39 Å². The quantitative estimate of drug-likeness (QED) is 0.341. The zero-order valence-electron chi connectivity index (χ0n) is 15.1. The van der Waals surface area contributed by atoms with E-state index in [-0.39, 0.29) is 5.82 Å². The van der Waals surface area contributed by atoms with Crippen molar-refractivity contribution in [3.63, 3.8) is 0 Å². The van der Waals surface area contributed by atoms with Crippen molar-refractivity contribution in [3.8, 4) is 11.1 Å². The first-order valence-electron chi connectivity index (χ1n) is 9.24. The zero-order chi connectivity index (χ0) is 18.4. The molecule has 0 saturated heterocycles. The number of hydrogen-bond donors (Lipinski definition) is 0. The third-order valence-corrected chi connectivity index (χ3v) is 5.74. The summed E-state index contributed by atoms with van der Waals surface area (Å²) in [5.74, 6) is -0.199. The fourth-order valence-electron chi connectivity index (χ4n) is 4.73. The van der Waals surface area contributed by atoms with Crippen LogP contribution in [-0.2, 0) is 5.41 Å². The largest absolute Gasteiger partial charge is 0.207 e. The first kappa shape index (κ1) is 16.0. The van der Waals surface area contributed by atoms with Crippen LogP contribution in [0.25, 0.3) is 11.1 Å². The molecule has 0 unspecified atom stereocenters. The molecule has 0 amide bonds. The van der Waals surface area contributed by atoms with E-state index in [2.05, 4.69) is 73.7 Å². The Labute approximate surface area is 158 Å². The average Bonchev–Trinajstić information content (AvgIpc) is 3.01. The molecule has 0 nitrogen and oxygen atoms in total. The molecule has 1 aliphatic rings. The molecule has 0 aromatic heterocycles. The molecule has 0 heterocycles. The summed E-state index contributed by atoms with van der Waals surface area (Å²) >= 11 is 0. The standard InChI is InChI=1S/C26H19F/c1-18-9-8-14-23-22-16-15-21(27)17-24(22)26(25(18)23,19-10-4-2-5-11-19)20-12-6-3-7-13-20/h2-17H,1H3. The Morgan fingerprint density at radius 2 is 1.26 bits per heavy atom. The second-order valence-corrected chi connectivity index (χ2v) is 7.17. The molecule has 0 fully saturated rings. The zero-order valence-corrected chi connectivity index (χ0v) is 15.1. The van der Waals surface area contributed by atoms with Crippen molar-refractivity contribution in [1.82, 2.24) is 0 Å². The van der Waals surface area contributed by atoms with Crippen molar-refractivity contribution in [2.45, 2.75) is 12.3 Å². The van der Waals surface area contributed by atoms with Crippen molar-refractivity contribution in [3.05, 3.63) is 131 Å². The molecule has 0 radical (unpaired) electrons. The highest BCUT2D eigenvalue weighted by Gasteiger charge is 2.46. The number of halogens is 1. The summed E-state index contributed by atoms with van der Waals surface area (Å²) in [5.41, 5.74) is 7.61. The van der Waals surface area contributed by atoms with Crippen LogP contribution in [0.1, 0.15) is 27.8 Å². The Hall–Kier alpha value is -3.19. The molecule has 0 N–H and O–H groups in total. The van der Waals surface area contributed by atoms with E-state index < -0.39 is 5.41 Å². The predicted octanol–water partition coefficient (Wildman–Crippen LogP) is 6.50. The lowest BCUT2D eigenvalue weighted by Crippen LogP contribution is -2.29. The maximum atomic E-state index is 14.5. The van der Waals surface area contributed by atoms with Crippen LogP contribution in [0.5, 0.6) is 0 Å². The first-order chi connectivity index (χ1) is 13.2. The average molecular weight is 350 g/mol. The van der Waals surface area contributed by atoms with Gasteiger partial charge in [0.15, 0.2) is 0 Å². The summed E-state index contributed by atoms with van der Waals surface area (Å²) in [6.45, 7) is 2.15. The molecule has 4 aromatic carbocycles. The van der Waals surface area contributed by atoms with Gasteiger partial charge in [-0.15, -0.1) is 0 Å². The van der Waals surface area contributed by atoms with Gasteiger partial charge in [-0.2, -0.15) is 0 Å². The van der Waals surface area contributed by atoms with E-state index in [9.17, 15) is 4.39 Å². The molecule has 0 aliphatic heterocycles. The van der Waals surface area contributed by atoms with E-state index in [1.54, 1.807) is 12.1 Å². The number of rotatable bonds is 2. The molecular weight excluding hydrogens is 331 g/mol. The minimum atomic E-state index is -0.513. The summed E-state index contributed by atoms with van der Waals surface area (Å²) in [5, 5.41) is 0. The van der Waals surface area contributed by atoms with Crippen LogP contribution >= 0.6 is 0 Å². The second-order valence-electron chi connectivity index (χ2n) is 7.17. The van der Waals surface area contributed by atoms with Crippen LogP contribution in [0.2, 0.25) is 0 Å². The van der Waals surface area contributed by atoms with Gasteiger partial charge in [0.05, 0.1) is 5.41 Å². The van der Waals surface area contributed by atoms with Crippen LogP contribution in [-0.4, -0.2) is 0 Å². The van der Waals surface area contributed by atoms with Crippen molar-refractivity contribution in [2.24, 2.45) is 0 Å². The summed E-state index contributed by atoms with van der Waals surface area (Å²) in [4.78, 5) is 0. The van der Waals surface area contributed by atoms with Gasteiger partial charge in [0.25, 0.3) is 0 Å². The van der Waals surface area contributed by atoms with Gasteiger partial charge in [0.2, 0.25) is 0 Å². The minimum absolute atomic E-state index is 0.199. The lowest BCUT2D eigenvalue weighted by molar-refractivity contribution is 0.621. The fraction of sp³-hybridized carbons (Fsp3) is 0.0769. The molecule has 130 valence electrons. The van der Waals surface area contributed by atoms with Crippen molar-refractivity contribution >= 4 is 0 Å². The lowest BCUT2D eigenvalue weighted by Gasteiger charge is -2.34. The van der Waals surface area contributed by atoms with Crippen molar-refractivity contribution in [1.29, 1.82) is 0 Å². The second kappa shape index (κ2) is 5.92. The van der Waals surface area contributed by atoms with Crippen molar-refractivity contribution in [2.75, 3.05) is 0 Å². The fourth-order valence-corrected chi connectivity index (χ4v) is 4.73. The highest BCUT2D eigenvalue weighted by molar-refractivity contribution is 5.87. The first-order valence-corrected chi connectivity index (χ1v) is 9.24. The topological polar surface area (TPSA) is 0 Å². The van der Waals surface area contributed by atoms with E-state index in [1.807, 2.05) is 18.2 Å². The van der Waals surface area contributed by atoms with Crippen LogP contribution in [0, 0.1) is 12.7 Å². The monoisotopic (exact) mass is 350 g/mol. The van der Waals surface area contributed by atoms with Crippen LogP contribution in [0.15, 0.2) is 97.1 Å². The molecule has 1 aliphatic carbocycles. The SMILES string of the molecule is Cc1cccc2c1C(c1ccccc1)(c1ccccc1)c1cc(F)ccc1-2. The minimum Gasteiger partial charge on any atom is -0.207 e. The van der Waals surface area contributed by atoms with Gasteiger partial charge in [-0.05, 0) is 58.0 Å². The molecule has 0 atom stereocenters. The third-order valence-electron chi connectivity index (χ3n) is 5.74. The highest BCUT2D eigenvalue weighted by atomic mass is 19.1. The smallest absolute Gasteiger partial charge is 0.123 e. The van der Waals surface area contributed by atoms with Gasteiger partial charge < -0.3 is 0 Å². The molecule has 1 heteroatoms. The Balaban J connectivity index is 2.02. The van der Waals surface area contributed by atoms with E-state index in [4.69, 9.17) is 0 Å². The highest BCUT2D eigenvalue weighted by Crippen LogP contribution is 2.57. The maximum absolute atomic E-state index is 14.5. The van der Waals surface area contributed by atoms with Crippen LogP contribution in [0.3, 0.4) is 0 Å². The predicted molar refractivity (Wildman–Crippen MR) is 108 cm³/mol. The Bertz CT molecular complexity index is 1090. The van der Waals surface area contributed by atoms with Gasteiger partial charge in [-0.1, -0.05) is 84.9 Å². The van der Waals surface area contributed by atoms with Gasteiger partial charge in [-0.25, -0.2) is 4.39 Å². The molecule has 4 aromatic rings. The van der Waals surface area contributed by atoms with E-state index in [1.165, 1.54) is 16.7 Å². The summed E-state index contributed by atoms with van der Waals surface area (Å²) in [6.07, 6.45) is 0. The summed E-state index contributed by atoms with van der Waals surface area (Å²) in [6, 6.07) is 32.6. The number of fused-ring (bicyclic) bond motifs is 3. The molecular formula is C26H19F. The third kappa shape index (κ3) is 2.15. The Morgan fingerprint density at radius 3 is 1.89 bits per heavy atom. The van der Waals surface area contributed by atoms with Gasteiger partial charge >= 0.3 is 0 Å². The van der Waals surface area contributed by atoms with Gasteiger partial charge in [0.1, 0.15) is 5.82 Å². The molecule has 5 rings (SSSR count). The number of aryl methyl sites for hydroxylation is 1. The Morgan fingerprint density at radius 1 is 0.630 bits per heavy atom. The number of hydrogen-bond acceptors (Lipinski definition) is 0. The number of benzene rings is 4. The molecule has 27 heavy (non-hydrogen) atoms. The van der Waals surface area contributed by atoms with E-state index in [0.29, 0.717) is 0 Å².